The van der Waals surface area contributed by atoms with Crippen LogP contribution in [-0.4, -0.2) is 0 Å². The van der Waals surface area contributed by atoms with Crippen molar-refractivity contribution in [3.05, 3.63) is 70.2 Å². The monoisotopic (exact) mass is 295 g/mol. The van der Waals surface area contributed by atoms with Gasteiger partial charge in [-0.1, -0.05) is 42.8 Å². The average Bonchev–Trinajstić information content (AvgIpc) is 2.43. The zero-order chi connectivity index (χ0) is 14.8. The minimum absolute atomic E-state index is 0.0505. The molecule has 0 aliphatic heterocycles. The molecule has 20 heavy (non-hydrogen) atoms. The number of benzene rings is 2. The lowest BCUT2D eigenvalue weighted by molar-refractivity contribution is 0.402. The predicted octanol–water partition coefficient (Wildman–Crippen LogP) is 4.42. The Morgan fingerprint density at radius 3 is 2.40 bits per heavy atom. The Bertz CT molecular complexity index is 615. The fourth-order valence-electron chi connectivity index (χ4n) is 2.29. The third-order valence-electron chi connectivity index (χ3n) is 3.54. The maximum absolute atomic E-state index is 14.0. The molecule has 0 radical (unpaired) electrons. The fourth-order valence-corrected chi connectivity index (χ4v) is 2.49. The van der Waals surface area contributed by atoms with Gasteiger partial charge >= 0.3 is 0 Å². The van der Waals surface area contributed by atoms with Crippen LogP contribution in [0.15, 0.2) is 42.5 Å². The van der Waals surface area contributed by atoms with Crippen molar-refractivity contribution >= 4 is 11.6 Å². The Balaban J connectivity index is 2.36. The van der Waals surface area contributed by atoms with Crippen LogP contribution in [0, 0.1) is 11.6 Å². The van der Waals surface area contributed by atoms with E-state index in [1.54, 1.807) is 24.3 Å². The summed E-state index contributed by atoms with van der Waals surface area (Å²) in [6.45, 7) is 1.90. The van der Waals surface area contributed by atoms with Gasteiger partial charge in [0.05, 0.1) is 5.02 Å². The number of hydrogen-bond donors (Lipinski definition) is 1. The summed E-state index contributed by atoms with van der Waals surface area (Å²) in [5.74, 6) is -0.800. The number of halogens is 3. The minimum Gasteiger partial charge on any atom is -0.321 e. The molecule has 0 aliphatic rings. The van der Waals surface area contributed by atoms with E-state index in [1.807, 2.05) is 6.92 Å². The summed E-state index contributed by atoms with van der Waals surface area (Å²) < 4.78 is 27.1. The van der Waals surface area contributed by atoms with Crippen molar-refractivity contribution in [2.24, 2.45) is 5.73 Å². The summed E-state index contributed by atoms with van der Waals surface area (Å²) in [7, 11) is 0. The number of nitrogens with two attached hydrogens (primary N) is 1. The van der Waals surface area contributed by atoms with Crippen molar-refractivity contribution < 1.29 is 8.78 Å². The zero-order valence-electron chi connectivity index (χ0n) is 11.2. The van der Waals surface area contributed by atoms with Gasteiger partial charge in [0.25, 0.3) is 0 Å². The van der Waals surface area contributed by atoms with Gasteiger partial charge in [-0.25, -0.2) is 8.78 Å². The molecule has 1 atom stereocenters. The largest absolute Gasteiger partial charge is 0.321 e. The Morgan fingerprint density at radius 1 is 1.10 bits per heavy atom. The van der Waals surface area contributed by atoms with E-state index in [0.29, 0.717) is 18.4 Å². The predicted molar refractivity (Wildman–Crippen MR) is 77.7 cm³/mol. The molecule has 1 nitrogen and oxygen atoms in total. The molecule has 2 aromatic rings. The molecule has 0 aromatic heterocycles. The molecule has 0 amide bonds. The van der Waals surface area contributed by atoms with Crippen LogP contribution in [0.4, 0.5) is 8.78 Å². The maximum atomic E-state index is 14.0. The highest BCUT2D eigenvalue weighted by Gasteiger charge is 2.28. The van der Waals surface area contributed by atoms with Crippen LogP contribution < -0.4 is 5.73 Å². The summed E-state index contributed by atoms with van der Waals surface area (Å²) in [5, 5.41) is 0.0505. The van der Waals surface area contributed by atoms with E-state index < -0.39 is 11.4 Å². The second-order valence-electron chi connectivity index (χ2n) is 4.91. The second kappa shape index (κ2) is 5.90. The van der Waals surface area contributed by atoms with Crippen molar-refractivity contribution in [1.29, 1.82) is 0 Å². The molecule has 0 saturated carbocycles. The summed E-state index contributed by atoms with van der Waals surface area (Å²) >= 11 is 5.77. The molecule has 0 bridgehead atoms. The first-order chi connectivity index (χ1) is 9.46. The molecule has 106 valence electrons. The Kier molecular flexibility index (Phi) is 4.41. The standard InChI is InChI=1S/C16H16ClF2N/c1-2-16(20,12-5-3-4-6-14(12)18)10-11-7-8-15(19)13(17)9-11/h3-9H,2,10,20H2,1H3. The summed E-state index contributed by atoms with van der Waals surface area (Å²) in [4.78, 5) is 0. The lowest BCUT2D eigenvalue weighted by Crippen LogP contribution is -2.39. The van der Waals surface area contributed by atoms with E-state index >= 15 is 0 Å². The lowest BCUT2D eigenvalue weighted by Gasteiger charge is -2.29. The molecular formula is C16H16ClF2N. The Labute approximate surface area is 122 Å². The van der Waals surface area contributed by atoms with Crippen molar-refractivity contribution in [3.8, 4) is 0 Å². The highest BCUT2D eigenvalue weighted by atomic mass is 35.5. The first kappa shape index (κ1) is 14.9. The lowest BCUT2D eigenvalue weighted by atomic mass is 9.82. The van der Waals surface area contributed by atoms with Gasteiger partial charge in [-0.3, -0.25) is 0 Å². The van der Waals surface area contributed by atoms with Gasteiger partial charge in [-0.15, -0.1) is 0 Å². The summed E-state index contributed by atoms with van der Waals surface area (Å²) in [5.41, 5.74) is 6.76. The van der Waals surface area contributed by atoms with E-state index in [1.165, 1.54) is 18.2 Å². The topological polar surface area (TPSA) is 26.0 Å². The highest BCUT2D eigenvalue weighted by molar-refractivity contribution is 6.30. The van der Waals surface area contributed by atoms with E-state index in [2.05, 4.69) is 0 Å². The van der Waals surface area contributed by atoms with E-state index in [9.17, 15) is 8.78 Å². The van der Waals surface area contributed by atoms with E-state index in [4.69, 9.17) is 17.3 Å². The first-order valence-corrected chi connectivity index (χ1v) is 6.82. The van der Waals surface area contributed by atoms with Gasteiger partial charge in [0.1, 0.15) is 11.6 Å². The van der Waals surface area contributed by atoms with Gasteiger partial charge in [0.2, 0.25) is 0 Å². The molecule has 0 fully saturated rings. The summed E-state index contributed by atoms with van der Waals surface area (Å²) in [6, 6.07) is 10.9. The Morgan fingerprint density at radius 2 is 1.80 bits per heavy atom. The molecule has 2 aromatic carbocycles. The SMILES string of the molecule is CCC(N)(Cc1ccc(F)c(Cl)c1)c1ccccc1F. The molecule has 2 N–H and O–H groups in total. The van der Waals surface area contributed by atoms with Crippen LogP contribution in [0.3, 0.4) is 0 Å². The Hall–Kier alpha value is -1.45. The third kappa shape index (κ3) is 3.00. The molecule has 0 aliphatic carbocycles. The molecule has 4 heteroatoms. The molecule has 0 saturated heterocycles. The molecule has 1 unspecified atom stereocenters. The highest BCUT2D eigenvalue weighted by Crippen LogP contribution is 2.29. The minimum atomic E-state index is -0.841. The van der Waals surface area contributed by atoms with Gasteiger partial charge in [-0.2, -0.15) is 0 Å². The smallest absolute Gasteiger partial charge is 0.141 e. The normalized spacial score (nSPS) is 14.1. The van der Waals surface area contributed by atoms with Crippen molar-refractivity contribution in [2.45, 2.75) is 25.3 Å². The van der Waals surface area contributed by atoms with Crippen LogP contribution in [0.1, 0.15) is 24.5 Å². The van der Waals surface area contributed by atoms with Gasteiger partial charge in [0.15, 0.2) is 0 Å². The maximum Gasteiger partial charge on any atom is 0.141 e. The molecule has 0 spiro atoms. The fraction of sp³-hybridized carbons (Fsp3) is 0.250. The average molecular weight is 296 g/mol. The first-order valence-electron chi connectivity index (χ1n) is 6.44. The van der Waals surface area contributed by atoms with Crippen molar-refractivity contribution in [3.63, 3.8) is 0 Å². The zero-order valence-corrected chi connectivity index (χ0v) is 11.9. The van der Waals surface area contributed by atoms with Crippen LogP contribution >= 0.6 is 11.6 Å². The molecule has 2 rings (SSSR count). The number of hydrogen-bond acceptors (Lipinski definition) is 1. The van der Waals surface area contributed by atoms with E-state index in [-0.39, 0.29) is 10.8 Å². The quantitative estimate of drug-likeness (QED) is 0.887. The van der Waals surface area contributed by atoms with Crippen molar-refractivity contribution in [1.82, 2.24) is 0 Å². The number of rotatable bonds is 4. The molecule has 0 heterocycles. The van der Waals surface area contributed by atoms with Crippen LogP contribution in [0.2, 0.25) is 5.02 Å². The van der Waals surface area contributed by atoms with Crippen LogP contribution in [-0.2, 0) is 12.0 Å². The molecular weight excluding hydrogens is 280 g/mol. The van der Waals surface area contributed by atoms with Gasteiger partial charge in [-0.05, 0) is 36.6 Å². The van der Waals surface area contributed by atoms with Gasteiger partial charge < -0.3 is 5.73 Å². The van der Waals surface area contributed by atoms with Crippen LogP contribution in [0.25, 0.3) is 0 Å². The van der Waals surface area contributed by atoms with Crippen molar-refractivity contribution in [2.75, 3.05) is 0 Å². The second-order valence-corrected chi connectivity index (χ2v) is 5.32. The van der Waals surface area contributed by atoms with Gasteiger partial charge in [0, 0.05) is 11.1 Å². The summed E-state index contributed by atoms with van der Waals surface area (Å²) in [6.07, 6.45) is 0.952. The van der Waals surface area contributed by atoms with E-state index in [0.717, 1.165) is 5.56 Å². The van der Waals surface area contributed by atoms with Crippen LogP contribution in [0.5, 0.6) is 0 Å². The third-order valence-corrected chi connectivity index (χ3v) is 3.83.